The van der Waals surface area contributed by atoms with Gasteiger partial charge in [0.15, 0.2) is 16.0 Å². The van der Waals surface area contributed by atoms with E-state index in [2.05, 4.69) is 0 Å². The van der Waals surface area contributed by atoms with Gasteiger partial charge in [0.25, 0.3) is 5.91 Å². The first-order valence-electron chi connectivity index (χ1n) is 12.5. The zero-order chi connectivity index (χ0) is 31.0. The van der Waals surface area contributed by atoms with Crippen molar-refractivity contribution in [3.63, 3.8) is 0 Å². The van der Waals surface area contributed by atoms with Gasteiger partial charge in [0.2, 0.25) is 5.91 Å². The number of ether oxygens (including phenoxy) is 1. The molecular formula is C26H22F8N2O5S. The Bertz CT molecular complexity index is 1520. The van der Waals surface area contributed by atoms with Gasteiger partial charge in [0.1, 0.15) is 23.1 Å². The van der Waals surface area contributed by atoms with Crippen LogP contribution in [0.25, 0.3) is 0 Å². The van der Waals surface area contributed by atoms with Crippen molar-refractivity contribution in [2.24, 2.45) is 0 Å². The Labute approximate surface area is 233 Å². The van der Waals surface area contributed by atoms with E-state index in [0.717, 1.165) is 9.80 Å². The smallest absolute Gasteiger partial charge is 0.435 e. The number of hydrogen-bond acceptors (Lipinski definition) is 5. The lowest BCUT2D eigenvalue weighted by Gasteiger charge is -2.43. The number of amides is 2. The molecule has 16 heteroatoms. The van der Waals surface area contributed by atoms with Gasteiger partial charge in [-0.1, -0.05) is 30.3 Å². The zero-order valence-corrected chi connectivity index (χ0v) is 22.4. The van der Waals surface area contributed by atoms with Gasteiger partial charge in [-0.05, 0) is 24.6 Å². The lowest BCUT2D eigenvalue weighted by Crippen LogP contribution is -2.57. The van der Waals surface area contributed by atoms with Crippen molar-refractivity contribution in [1.29, 1.82) is 0 Å². The molecule has 0 N–H and O–H groups in total. The van der Waals surface area contributed by atoms with Crippen molar-refractivity contribution in [3.05, 3.63) is 59.7 Å². The van der Waals surface area contributed by atoms with Crippen molar-refractivity contribution in [1.82, 2.24) is 9.80 Å². The number of nitrogens with zero attached hydrogens (tertiary/aromatic N) is 2. The van der Waals surface area contributed by atoms with Crippen LogP contribution in [0.3, 0.4) is 0 Å². The van der Waals surface area contributed by atoms with E-state index in [1.165, 1.54) is 37.4 Å². The topological polar surface area (TPSA) is 84.0 Å². The summed E-state index contributed by atoms with van der Waals surface area (Å²) in [5.41, 5.74) is -8.02. The van der Waals surface area contributed by atoms with Crippen LogP contribution < -0.4 is 4.74 Å². The van der Waals surface area contributed by atoms with E-state index in [4.69, 9.17) is 4.74 Å². The van der Waals surface area contributed by atoms with Gasteiger partial charge in [-0.2, -0.15) is 26.3 Å². The fourth-order valence-electron chi connectivity index (χ4n) is 6.08. The first-order chi connectivity index (χ1) is 19.4. The Morgan fingerprint density at radius 2 is 1.62 bits per heavy atom. The summed E-state index contributed by atoms with van der Waals surface area (Å²) >= 11 is 0. The maximum atomic E-state index is 14.9. The molecule has 0 aliphatic carbocycles. The van der Waals surface area contributed by atoms with Crippen LogP contribution in [0.15, 0.2) is 53.4 Å². The Balaban J connectivity index is 1.67. The molecule has 4 atom stereocenters. The van der Waals surface area contributed by atoms with Gasteiger partial charge in [0.05, 0.1) is 10.9 Å². The number of fused-ring (bicyclic) bond motifs is 3. The average Bonchev–Trinajstić information content (AvgIpc) is 3.45. The fourth-order valence-corrected chi connectivity index (χ4v) is 8.39. The van der Waals surface area contributed by atoms with Gasteiger partial charge in [0, 0.05) is 31.1 Å². The first kappa shape index (κ1) is 30.0. The third-order valence-corrected chi connectivity index (χ3v) is 10.8. The van der Waals surface area contributed by atoms with Crippen LogP contribution in [0.1, 0.15) is 24.0 Å². The third kappa shape index (κ3) is 4.00. The summed E-state index contributed by atoms with van der Waals surface area (Å²) in [6.45, 7) is -0.997. The number of carbonyl (C=O) groups is 2. The highest BCUT2D eigenvalue weighted by atomic mass is 32.2. The quantitative estimate of drug-likeness (QED) is 0.476. The molecular weight excluding hydrogens is 604 g/mol. The van der Waals surface area contributed by atoms with Crippen LogP contribution >= 0.6 is 0 Å². The molecule has 2 saturated heterocycles. The van der Waals surface area contributed by atoms with E-state index in [1.54, 1.807) is 0 Å². The summed E-state index contributed by atoms with van der Waals surface area (Å²) in [6, 6.07) is 5.12. The molecule has 2 aromatic carbocycles. The predicted octanol–water partition coefficient (Wildman–Crippen LogP) is 4.21. The molecule has 2 amide bonds. The number of likely N-dealkylation sites (tertiary alicyclic amines) is 2. The van der Waals surface area contributed by atoms with Crippen LogP contribution in [-0.4, -0.2) is 80.8 Å². The molecule has 7 nitrogen and oxygen atoms in total. The number of likely N-dealkylation sites (N-methyl/N-ethyl adjacent to an activating group) is 1. The van der Waals surface area contributed by atoms with Crippen molar-refractivity contribution in [3.8, 4) is 5.75 Å². The molecule has 2 aromatic rings. The molecule has 2 unspecified atom stereocenters. The van der Waals surface area contributed by atoms with Crippen LogP contribution in [0, 0.1) is 0 Å². The highest BCUT2D eigenvalue weighted by Crippen LogP contribution is 2.57. The summed E-state index contributed by atoms with van der Waals surface area (Å²) in [4.78, 5) is 27.3. The van der Waals surface area contributed by atoms with Gasteiger partial charge in [-0.25, -0.2) is 17.2 Å². The summed E-state index contributed by atoms with van der Waals surface area (Å²) in [5.74, 6) is -2.48. The van der Waals surface area contributed by atoms with Crippen molar-refractivity contribution in [2.45, 2.75) is 58.8 Å². The Kier molecular flexibility index (Phi) is 6.82. The number of halogens is 8. The lowest BCUT2D eigenvalue weighted by molar-refractivity contribution is -0.348. The molecule has 0 radical (unpaired) electrons. The number of hydrogen-bond donors (Lipinski definition) is 0. The Hall–Kier alpha value is -3.43. The van der Waals surface area contributed by atoms with E-state index >= 15 is 0 Å². The normalized spacial score (nSPS) is 26.6. The van der Waals surface area contributed by atoms with Crippen molar-refractivity contribution < 1.29 is 57.9 Å². The number of alkyl halides is 8. The summed E-state index contributed by atoms with van der Waals surface area (Å²) in [5, 5.41) is 0. The zero-order valence-electron chi connectivity index (χ0n) is 21.5. The van der Waals surface area contributed by atoms with E-state index < -0.39 is 87.0 Å². The maximum Gasteiger partial charge on any atom is 0.435 e. The van der Waals surface area contributed by atoms with E-state index in [1.807, 2.05) is 0 Å². The van der Waals surface area contributed by atoms with Gasteiger partial charge in [-0.3, -0.25) is 9.59 Å². The molecule has 0 saturated carbocycles. The Morgan fingerprint density at radius 3 is 2.17 bits per heavy atom. The lowest BCUT2D eigenvalue weighted by atomic mass is 9.85. The minimum absolute atomic E-state index is 0.177. The van der Waals surface area contributed by atoms with Crippen LogP contribution in [-0.2, 0) is 29.8 Å². The highest BCUT2D eigenvalue weighted by molar-refractivity contribution is 7.92. The van der Waals surface area contributed by atoms with Crippen molar-refractivity contribution in [2.75, 3.05) is 20.2 Å². The molecule has 0 aromatic heterocycles. The second kappa shape index (κ2) is 9.54. The molecule has 3 aliphatic rings. The minimum atomic E-state index is -6.42. The van der Waals surface area contributed by atoms with Crippen LogP contribution in [0.4, 0.5) is 35.1 Å². The summed E-state index contributed by atoms with van der Waals surface area (Å²) in [7, 11) is -3.37. The van der Waals surface area contributed by atoms with Gasteiger partial charge >= 0.3 is 18.0 Å². The SMILES string of the molecule is CN1C(=O)[C@@H](F)C[C@H]1C(=O)N1CCC2(S(=O)(=O)c3ccccc3)c3ccc(C(F)(C(F)(F)F)C(F)(F)F)cc3OCC12. The fraction of sp³-hybridized carbons (Fsp3) is 0.462. The number of sulfone groups is 1. The van der Waals surface area contributed by atoms with Crippen molar-refractivity contribution >= 4 is 21.7 Å². The molecule has 3 heterocycles. The predicted molar refractivity (Wildman–Crippen MR) is 128 cm³/mol. The monoisotopic (exact) mass is 626 g/mol. The molecule has 3 aliphatic heterocycles. The summed E-state index contributed by atoms with van der Waals surface area (Å²) in [6.07, 6.45) is -15.7. The molecule has 5 rings (SSSR count). The molecule has 228 valence electrons. The number of carbonyl (C=O) groups excluding carboxylic acids is 2. The molecule has 42 heavy (non-hydrogen) atoms. The standard InChI is InChI=1S/C26H22F8N2O5S/c1-35-18(12-17(27)21(35)37)22(38)36-10-9-23(42(39,40)15-5-3-2-4-6-15)16-8-7-14(11-19(16)41-13-20(23)36)24(28,25(29,30)31)26(32,33)34/h2-8,11,17-18,20H,9-10,12-13H2,1H3/t17-,18-,20?,23?/m0/s1. The first-order valence-corrected chi connectivity index (χ1v) is 14.0. The van der Waals surface area contributed by atoms with Gasteiger partial charge < -0.3 is 14.5 Å². The molecule has 2 fully saturated rings. The number of benzene rings is 2. The second-order valence-corrected chi connectivity index (χ2v) is 12.6. The summed E-state index contributed by atoms with van der Waals surface area (Å²) < 4.78 is 142. The van der Waals surface area contributed by atoms with E-state index in [-0.39, 0.29) is 35.6 Å². The Morgan fingerprint density at radius 1 is 1.00 bits per heavy atom. The largest absolute Gasteiger partial charge is 0.491 e. The third-order valence-electron chi connectivity index (χ3n) is 8.27. The maximum absolute atomic E-state index is 14.9. The van der Waals surface area contributed by atoms with Crippen LogP contribution in [0.5, 0.6) is 5.75 Å². The van der Waals surface area contributed by atoms with E-state index in [9.17, 15) is 53.1 Å². The highest BCUT2D eigenvalue weighted by Gasteiger charge is 2.74. The average molecular weight is 627 g/mol. The van der Waals surface area contributed by atoms with Gasteiger partial charge in [-0.15, -0.1) is 0 Å². The number of rotatable bonds is 4. The molecule has 0 spiro atoms. The molecule has 0 bridgehead atoms. The minimum Gasteiger partial charge on any atom is -0.491 e. The van der Waals surface area contributed by atoms with Crippen LogP contribution in [0.2, 0.25) is 0 Å². The van der Waals surface area contributed by atoms with E-state index in [0.29, 0.717) is 6.07 Å². The second-order valence-electron chi connectivity index (χ2n) is 10.3.